The fourth-order valence-corrected chi connectivity index (χ4v) is 6.74. The Kier molecular flexibility index (Phi) is 9.06. The lowest BCUT2D eigenvalue weighted by molar-refractivity contribution is 0.122. The van der Waals surface area contributed by atoms with Crippen LogP contribution < -0.4 is 4.90 Å². The Balaban J connectivity index is 0.000000595. The molecular weight excluding hydrogens is 579 g/mol. The molecule has 6 rings (SSSR count). The van der Waals surface area contributed by atoms with Crippen molar-refractivity contribution >= 4 is 59.7 Å². The number of thiophene rings is 1. The number of ether oxygens (including phenoxy) is 1. The van der Waals surface area contributed by atoms with Crippen molar-refractivity contribution in [2.75, 3.05) is 70.7 Å². The molecule has 0 radical (unpaired) electrons. The number of H-pyrrole nitrogens is 1. The van der Waals surface area contributed by atoms with Gasteiger partial charge in [-0.1, -0.05) is 12.1 Å². The minimum atomic E-state index is -3.13. The number of anilines is 1. The summed E-state index contributed by atoms with van der Waals surface area (Å²) in [5.41, 5.74) is 2.85. The van der Waals surface area contributed by atoms with Crippen LogP contribution in [-0.2, 0) is 36.8 Å². The van der Waals surface area contributed by atoms with E-state index in [1.165, 1.54) is 11.1 Å². The van der Waals surface area contributed by atoms with Gasteiger partial charge in [0.25, 0.3) is 0 Å². The van der Waals surface area contributed by atoms with E-state index in [1.807, 2.05) is 24.4 Å². The summed E-state index contributed by atoms with van der Waals surface area (Å²) in [6.45, 7) is 6.22. The molecule has 2 aliphatic rings. The summed E-state index contributed by atoms with van der Waals surface area (Å²) >= 11 is -0.595. The Hall–Kier alpha value is -2.57. The van der Waals surface area contributed by atoms with E-state index in [9.17, 15) is 8.42 Å². The monoisotopic (exact) mass is 608 g/mol. The standard InChI is InChI=1S/C23H27N7O3S2.CH4O3S/c1-35(31,32)30-7-5-28(6-8-30)15-16-13-20-21(34-16)23(29-9-11-33-12-10-29)26-22(25-20)17-3-2-4-19-18(17)14-24-27-19;1-4-5(2)3/h2-4,13-14H,5-12,15H2,1H3,(H,24,27);1H3,(H,2,3)/p-1. The number of hydrogen-bond donors (Lipinski definition) is 1. The third-order valence-electron chi connectivity index (χ3n) is 6.76. The average Bonchev–Trinajstić information content (AvgIpc) is 3.60. The maximum Gasteiger partial charge on any atom is 0.211 e. The smallest absolute Gasteiger partial charge is 0.211 e. The van der Waals surface area contributed by atoms with Crippen LogP contribution in [0, 0.1) is 0 Å². The van der Waals surface area contributed by atoms with Crippen LogP contribution in [0.3, 0.4) is 0 Å². The predicted octanol–water partition coefficient (Wildman–Crippen LogP) is 1.58. The van der Waals surface area contributed by atoms with Gasteiger partial charge in [0, 0.05) is 61.6 Å². The lowest BCUT2D eigenvalue weighted by atomic mass is 10.1. The molecular formula is C24H30N7O6S3-. The molecule has 2 aliphatic heterocycles. The van der Waals surface area contributed by atoms with Crippen molar-refractivity contribution in [1.29, 1.82) is 0 Å². The van der Waals surface area contributed by atoms with Crippen molar-refractivity contribution in [3.63, 3.8) is 0 Å². The Morgan fingerprint density at radius 1 is 1.15 bits per heavy atom. The topological polar surface area (TPSA) is 157 Å². The first-order chi connectivity index (χ1) is 19.2. The number of aromatic nitrogens is 4. The highest BCUT2D eigenvalue weighted by Gasteiger charge is 2.25. The lowest BCUT2D eigenvalue weighted by Gasteiger charge is -2.32. The number of piperazine rings is 1. The van der Waals surface area contributed by atoms with E-state index in [1.54, 1.807) is 15.6 Å². The van der Waals surface area contributed by atoms with Gasteiger partial charge in [-0.25, -0.2) is 22.6 Å². The maximum atomic E-state index is 11.8. The van der Waals surface area contributed by atoms with Crippen molar-refractivity contribution in [3.8, 4) is 11.4 Å². The molecule has 2 fully saturated rings. The van der Waals surface area contributed by atoms with Crippen molar-refractivity contribution in [3.05, 3.63) is 35.3 Å². The molecule has 1 unspecified atom stereocenters. The van der Waals surface area contributed by atoms with Gasteiger partial charge in [0.15, 0.2) is 11.6 Å². The minimum absolute atomic E-state index is 0.529. The van der Waals surface area contributed by atoms with E-state index in [0.717, 1.165) is 72.3 Å². The average molecular weight is 609 g/mol. The molecule has 16 heteroatoms. The molecule has 13 nitrogen and oxygen atoms in total. The third-order valence-corrected chi connectivity index (χ3v) is 9.44. The summed E-state index contributed by atoms with van der Waals surface area (Å²) in [5.74, 6) is 1.64. The third kappa shape index (κ3) is 6.66. The first-order valence-electron chi connectivity index (χ1n) is 12.6. The molecule has 4 aromatic rings. The first kappa shape index (κ1) is 28.9. The summed E-state index contributed by atoms with van der Waals surface area (Å²) in [5, 5.41) is 8.23. The molecule has 3 aromatic heterocycles. The Bertz CT molecular complexity index is 1600. The Labute approximate surface area is 238 Å². The van der Waals surface area contributed by atoms with E-state index in [4.69, 9.17) is 23.5 Å². The molecule has 0 spiro atoms. The van der Waals surface area contributed by atoms with E-state index in [-0.39, 0.29) is 0 Å². The van der Waals surface area contributed by atoms with Gasteiger partial charge < -0.3 is 18.4 Å². The van der Waals surface area contributed by atoms with E-state index >= 15 is 0 Å². The normalized spacial score (nSPS) is 18.1. The summed E-state index contributed by atoms with van der Waals surface area (Å²) in [6, 6.07) is 8.19. The summed E-state index contributed by atoms with van der Waals surface area (Å²) in [7, 11) is -2.05. The molecule has 216 valence electrons. The van der Waals surface area contributed by atoms with Gasteiger partial charge in [-0.15, -0.1) is 11.3 Å². The van der Waals surface area contributed by atoms with Gasteiger partial charge in [-0.2, -0.15) is 9.40 Å². The molecule has 1 N–H and O–H groups in total. The van der Waals surface area contributed by atoms with Crippen molar-refractivity contribution in [2.24, 2.45) is 0 Å². The first-order valence-corrected chi connectivity index (χ1v) is 16.3. The number of fused-ring (bicyclic) bond motifs is 2. The zero-order valence-corrected chi connectivity index (χ0v) is 24.6. The number of aromatic amines is 1. The molecule has 0 amide bonds. The molecule has 0 aliphatic carbocycles. The van der Waals surface area contributed by atoms with Crippen molar-refractivity contribution in [1.82, 2.24) is 29.4 Å². The van der Waals surface area contributed by atoms with E-state index in [2.05, 4.69) is 30.2 Å². The molecule has 1 atom stereocenters. The van der Waals surface area contributed by atoms with Crippen LogP contribution in [0.1, 0.15) is 4.88 Å². The highest BCUT2D eigenvalue weighted by atomic mass is 32.2. The zero-order chi connectivity index (χ0) is 28.3. The molecule has 0 bridgehead atoms. The van der Waals surface area contributed by atoms with Gasteiger partial charge in [0.05, 0.1) is 59.9 Å². The Morgan fingerprint density at radius 2 is 1.88 bits per heavy atom. The summed E-state index contributed by atoms with van der Waals surface area (Å²) in [6.07, 6.45) is 3.10. The fourth-order valence-electron chi connectivity index (χ4n) is 4.75. The number of hydrogen-bond acceptors (Lipinski definition) is 12. The van der Waals surface area contributed by atoms with Gasteiger partial charge in [0.1, 0.15) is 0 Å². The van der Waals surface area contributed by atoms with Crippen LogP contribution in [0.4, 0.5) is 5.82 Å². The molecule has 2 saturated heterocycles. The number of nitrogens with one attached hydrogen (secondary N) is 1. The number of rotatable bonds is 6. The van der Waals surface area contributed by atoms with E-state index < -0.39 is 21.4 Å². The lowest BCUT2D eigenvalue weighted by Crippen LogP contribution is -2.47. The van der Waals surface area contributed by atoms with Crippen molar-refractivity contribution in [2.45, 2.75) is 6.54 Å². The van der Waals surface area contributed by atoms with E-state index in [0.29, 0.717) is 32.1 Å². The fraction of sp³-hybridized carbons (Fsp3) is 0.458. The SMILES string of the molecule is COS(=O)[O-].CS(=O)(=O)N1CCN(Cc2cc3nc(-c4cccc5[nH]ncc45)nc(N4CCOCC4)c3s2)CC1. The molecule has 0 saturated carbocycles. The second-order valence-corrected chi connectivity index (χ2v) is 13.2. The predicted molar refractivity (Wildman–Crippen MR) is 153 cm³/mol. The second-order valence-electron chi connectivity index (χ2n) is 9.34. The quantitative estimate of drug-likeness (QED) is 0.317. The molecule has 40 heavy (non-hydrogen) atoms. The second kappa shape index (κ2) is 12.5. The van der Waals surface area contributed by atoms with Crippen LogP contribution in [-0.4, -0.2) is 112 Å². The highest BCUT2D eigenvalue weighted by molar-refractivity contribution is 7.88. The van der Waals surface area contributed by atoms with Gasteiger partial charge >= 0.3 is 0 Å². The highest BCUT2D eigenvalue weighted by Crippen LogP contribution is 2.36. The van der Waals surface area contributed by atoms with Gasteiger partial charge in [-0.05, 0) is 12.1 Å². The molecule has 5 heterocycles. The number of nitrogens with zero attached hydrogens (tertiary/aromatic N) is 6. The largest absolute Gasteiger partial charge is 0.750 e. The van der Waals surface area contributed by atoms with Gasteiger partial charge in [-0.3, -0.25) is 10.00 Å². The minimum Gasteiger partial charge on any atom is -0.750 e. The van der Waals surface area contributed by atoms with Crippen LogP contribution in [0.5, 0.6) is 0 Å². The van der Waals surface area contributed by atoms with Crippen LogP contribution in [0.15, 0.2) is 30.5 Å². The van der Waals surface area contributed by atoms with Crippen LogP contribution in [0.2, 0.25) is 0 Å². The molecule has 1 aromatic carbocycles. The number of benzene rings is 1. The van der Waals surface area contributed by atoms with Crippen LogP contribution in [0.25, 0.3) is 32.5 Å². The summed E-state index contributed by atoms with van der Waals surface area (Å²) in [4.78, 5) is 15.8. The maximum absolute atomic E-state index is 11.8. The zero-order valence-electron chi connectivity index (χ0n) is 22.1. The Morgan fingerprint density at radius 3 is 2.55 bits per heavy atom. The van der Waals surface area contributed by atoms with Crippen LogP contribution >= 0.6 is 11.3 Å². The van der Waals surface area contributed by atoms with Crippen molar-refractivity contribution < 1.29 is 26.1 Å². The number of morpholine rings is 1. The summed E-state index contributed by atoms with van der Waals surface area (Å²) < 4.78 is 53.9. The number of sulfonamides is 1. The van der Waals surface area contributed by atoms with Gasteiger partial charge in [0.2, 0.25) is 10.0 Å².